The predicted octanol–water partition coefficient (Wildman–Crippen LogP) is 3.86. The Morgan fingerprint density at radius 2 is 1.91 bits per heavy atom. The van der Waals surface area contributed by atoms with Gasteiger partial charge in [-0.15, -0.1) is 32.9 Å². The molecule has 11 heteroatoms. The molecule has 0 N–H and O–H groups in total. The second kappa shape index (κ2) is 9.12. The van der Waals surface area contributed by atoms with Gasteiger partial charge in [-0.2, -0.15) is 9.90 Å². The Bertz CT molecular complexity index is 1280. The molecular weight excluding hydrogens is 460 g/mol. The fourth-order valence-corrected chi connectivity index (χ4v) is 5.16. The number of aromatic nitrogens is 4. The minimum atomic E-state index is -0.198. The number of amides is 1. The molecule has 33 heavy (non-hydrogen) atoms. The summed E-state index contributed by atoms with van der Waals surface area (Å²) in [5.41, 5.74) is 1.62. The van der Waals surface area contributed by atoms with Crippen molar-refractivity contribution in [2.45, 2.75) is 19.0 Å². The summed E-state index contributed by atoms with van der Waals surface area (Å²) in [7, 11) is 3.14. The maximum atomic E-state index is 13.2. The SMILES string of the molecule is COc1ccc(-c2nnn(CC(=O)N3N=C(c4cccs4)CC3c3cccs3)n2)cc1OC. The van der Waals surface area contributed by atoms with E-state index in [1.54, 1.807) is 54.0 Å². The zero-order chi connectivity index (χ0) is 22.8. The average molecular weight is 481 g/mol. The quantitative estimate of drug-likeness (QED) is 0.399. The van der Waals surface area contributed by atoms with Gasteiger partial charge in [-0.3, -0.25) is 4.79 Å². The molecule has 4 aromatic rings. The molecule has 1 atom stereocenters. The van der Waals surface area contributed by atoms with Gasteiger partial charge in [-0.1, -0.05) is 12.1 Å². The molecule has 0 fully saturated rings. The van der Waals surface area contributed by atoms with E-state index in [1.807, 2.05) is 41.1 Å². The topological polar surface area (TPSA) is 94.7 Å². The Hall–Kier alpha value is -3.57. The van der Waals surface area contributed by atoms with Gasteiger partial charge in [-0.25, -0.2) is 5.01 Å². The summed E-state index contributed by atoms with van der Waals surface area (Å²) in [6, 6.07) is 13.3. The van der Waals surface area contributed by atoms with Crippen molar-refractivity contribution in [1.82, 2.24) is 25.2 Å². The molecule has 0 saturated carbocycles. The van der Waals surface area contributed by atoms with E-state index >= 15 is 0 Å². The van der Waals surface area contributed by atoms with E-state index < -0.39 is 0 Å². The van der Waals surface area contributed by atoms with Gasteiger partial charge in [0.25, 0.3) is 5.91 Å². The smallest absolute Gasteiger partial charge is 0.266 e. The Balaban J connectivity index is 1.37. The number of methoxy groups -OCH3 is 2. The number of benzene rings is 1. The molecule has 0 radical (unpaired) electrons. The highest BCUT2D eigenvalue weighted by Crippen LogP contribution is 2.36. The third-order valence-corrected chi connectivity index (χ3v) is 7.11. The van der Waals surface area contributed by atoms with Gasteiger partial charge in [0.2, 0.25) is 5.82 Å². The minimum Gasteiger partial charge on any atom is -0.493 e. The molecule has 4 heterocycles. The summed E-state index contributed by atoms with van der Waals surface area (Å²) >= 11 is 3.24. The van der Waals surface area contributed by atoms with Crippen LogP contribution in [0.15, 0.2) is 58.3 Å². The molecule has 5 rings (SSSR count). The van der Waals surface area contributed by atoms with E-state index in [4.69, 9.17) is 9.47 Å². The van der Waals surface area contributed by atoms with Crippen molar-refractivity contribution in [3.8, 4) is 22.9 Å². The normalized spacial score (nSPS) is 15.5. The minimum absolute atomic E-state index is 0.0661. The van der Waals surface area contributed by atoms with Crippen LogP contribution in [0.25, 0.3) is 11.4 Å². The molecule has 0 bridgehead atoms. The van der Waals surface area contributed by atoms with Gasteiger partial charge in [-0.05, 0) is 46.3 Å². The largest absolute Gasteiger partial charge is 0.493 e. The van der Waals surface area contributed by atoms with Crippen molar-refractivity contribution in [3.63, 3.8) is 0 Å². The molecule has 168 valence electrons. The molecule has 1 unspecified atom stereocenters. The van der Waals surface area contributed by atoms with Crippen molar-refractivity contribution in [2.75, 3.05) is 14.2 Å². The summed E-state index contributed by atoms with van der Waals surface area (Å²) in [5.74, 6) is 1.37. The summed E-state index contributed by atoms with van der Waals surface area (Å²) in [6.07, 6.45) is 0.675. The van der Waals surface area contributed by atoms with Gasteiger partial charge < -0.3 is 9.47 Å². The molecule has 0 saturated heterocycles. The number of rotatable bonds is 7. The molecule has 1 aliphatic heterocycles. The van der Waals surface area contributed by atoms with Crippen LogP contribution in [0.1, 0.15) is 22.2 Å². The number of ether oxygens (including phenoxy) is 2. The van der Waals surface area contributed by atoms with Gasteiger partial charge in [0.05, 0.1) is 30.9 Å². The third kappa shape index (κ3) is 4.24. The molecular formula is C22H20N6O3S2. The third-order valence-electron chi connectivity index (χ3n) is 5.21. The second-order valence-corrected chi connectivity index (χ2v) is 9.14. The fourth-order valence-electron chi connectivity index (χ4n) is 3.63. The monoisotopic (exact) mass is 480 g/mol. The fraction of sp³-hybridized carbons (Fsp3) is 0.227. The summed E-state index contributed by atoms with van der Waals surface area (Å²) in [6.45, 7) is -0.0661. The van der Waals surface area contributed by atoms with Crippen LogP contribution in [0.3, 0.4) is 0 Å². The molecule has 3 aromatic heterocycles. The first kappa shape index (κ1) is 21.3. The number of thiophene rings is 2. The molecule has 9 nitrogen and oxygen atoms in total. The lowest BCUT2D eigenvalue weighted by Crippen LogP contribution is -2.30. The van der Waals surface area contributed by atoms with Gasteiger partial charge in [0.15, 0.2) is 11.5 Å². The Labute approximate surface area is 197 Å². The second-order valence-electron chi connectivity index (χ2n) is 7.21. The van der Waals surface area contributed by atoms with Crippen LogP contribution < -0.4 is 9.47 Å². The molecule has 1 aliphatic rings. The Kier molecular flexibility index (Phi) is 5.88. The van der Waals surface area contributed by atoms with Crippen LogP contribution in [0, 0.1) is 0 Å². The van der Waals surface area contributed by atoms with Gasteiger partial charge in [0, 0.05) is 16.9 Å². The molecule has 1 aromatic carbocycles. The van der Waals surface area contributed by atoms with Crippen molar-refractivity contribution in [3.05, 3.63) is 63.0 Å². The van der Waals surface area contributed by atoms with Crippen molar-refractivity contribution < 1.29 is 14.3 Å². The highest BCUT2D eigenvalue weighted by Gasteiger charge is 2.34. The van der Waals surface area contributed by atoms with E-state index in [1.165, 1.54) is 4.80 Å². The van der Waals surface area contributed by atoms with Gasteiger partial charge in [0.1, 0.15) is 6.54 Å². The number of carbonyl (C=O) groups excluding carboxylic acids is 1. The summed E-state index contributed by atoms with van der Waals surface area (Å²) < 4.78 is 10.6. The zero-order valence-electron chi connectivity index (χ0n) is 17.9. The van der Waals surface area contributed by atoms with E-state index in [2.05, 4.69) is 20.5 Å². The van der Waals surface area contributed by atoms with Crippen LogP contribution in [0.4, 0.5) is 0 Å². The highest BCUT2D eigenvalue weighted by molar-refractivity contribution is 7.12. The number of hydrogen-bond donors (Lipinski definition) is 0. The summed E-state index contributed by atoms with van der Waals surface area (Å²) in [5, 5.41) is 22.8. The van der Waals surface area contributed by atoms with Crippen LogP contribution in [0.2, 0.25) is 0 Å². The number of hydrazone groups is 1. The Morgan fingerprint density at radius 3 is 2.64 bits per heavy atom. The lowest BCUT2D eigenvalue weighted by atomic mass is 10.1. The number of tetrazole rings is 1. The first-order chi connectivity index (χ1) is 16.2. The number of hydrogen-bond acceptors (Lipinski definition) is 9. The molecule has 0 aliphatic carbocycles. The predicted molar refractivity (Wildman–Crippen MR) is 126 cm³/mol. The van der Waals surface area contributed by atoms with Crippen molar-refractivity contribution >= 4 is 34.3 Å². The number of nitrogens with zero attached hydrogens (tertiary/aromatic N) is 6. The average Bonchev–Trinajstić information content (AvgIpc) is 3.63. The lowest BCUT2D eigenvalue weighted by molar-refractivity contribution is -0.134. The van der Waals surface area contributed by atoms with E-state index in [0.717, 1.165) is 15.5 Å². The standard InChI is InChI=1S/C22H20N6O3S2/c1-30-17-8-7-14(11-18(17)31-2)22-23-26-27(25-22)13-21(29)28-16(20-6-4-10-33-20)12-15(24-28)19-5-3-9-32-19/h3-11,16H,12-13H2,1-2H3. The van der Waals surface area contributed by atoms with Crippen LogP contribution in [-0.2, 0) is 11.3 Å². The maximum Gasteiger partial charge on any atom is 0.266 e. The van der Waals surface area contributed by atoms with E-state index in [-0.39, 0.29) is 18.5 Å². The van der Waals surface area contributed by atoms with E-state index in [0.29, 0.717) is 29.3 Å². The first-order valence-electron chi connectivity index (χ1n) is 10.1. The number of carbonyl (C=O) groups is 1. The lowest BCUT2D eigenvalue weighted by Gasteiger charge is -2.20. The van der Waals surface area contributed by atoms with Crippen molar-refractivity contribution in [1.29, 1.82) is 0 Å². The Morgan fingerprint density at radius 1 is 1.09 bits per heavy atom. The van der Waals surface area contributed by atoms with Crippen molar-refractivity contribution in [2.24, 2.45) is 5.10 Å². The first-order valence-corrected chi connectivity index (χ1v) is 11.9. The highest BCUT2D eigenvalue weighted by atomic mass is 32.1. The van der Waals surface area contributed by atoms with Crippen LogP contribution in [-0.4, -0.2) is 51.1 Å². The molecule has 0 spiro atoms. The summed E-state index contributed by atoms with van der Waals surface area (Å²) in [4.78, 5) is 16.7. The van der Waals surface area contributed by atoms with Crippen LogP contribution >= 0.6 is 22.7 Å². The molecule has 1 amide bonds. The van der Waals surface area contributed by atoms with Gasteiger partial charge >= 0.3 is 0 Å². The maximum absolute atomic E-state index is 13.2. The van der Waals surface area contributed by atoms with Crippen LogP contribution in [0.5, 0.6) is 11.5 Å². The zero-order valence-corrected chi connectivity index (χ0v) is 19.5. The van der Waals surface area contributed by atoms with E-state index in [9.17, 15) is 4.79 Å².